The van der Waals surface area contributed by atoms with Gasteiger partial charge in [0.15, 0.2) is 0 Å². The van der Waals surface area contributed by atoms with Crippen LogP contribution >= 0.6 is 0 Å². The zero-order chi connectivity index (χ0) is 20.1. The standard InChI is InChI=1S/C21H20F2N2O2/c1-12-6-5-7-18(15(12)4)25-20(26)17(11-24)10-16-8-13(2)19(14(3)9-16)27-21(22)23/h5-10,21H,1-4H3,(H,25,26)/b17-10+. The molecular formula is C21H20F2N2O2. The van der Waals surface area contributed by atoms with Crippen LogP contribution in [-0.2, 0) is 4.79 Å². The van der Waals surface area contributed by atoms with Crippen molar-refractivity contribution in [3.63, 3.8) is 0 Å². The van der Waals surface area contributed by atoms with E-state index in [-0.39, 0.29) is 11.3 Å². The maximum atomic E-state index is 12.5. The van der Waals surface area contributed by atoms with E-state index < -0.39 is 12.5 Å². The van der Waals surface area contributed by atoms with Crippen LogP contribution in [0, 0.1) is 39.0 Å². The van der Waals surface area contributed by atoms with Crippen LogP contribution < -0.4 is 10.1 Å². The van der Waals surface area contributed by atoms with E-state index in [1.54, 1.807) is 32.0 Å². The topological polar surface area (TPSA) is 62.1 Å². The quantitative estimate of drug-likeness (QED) is 0.591. The van der Waals surface area contributed by atoms with Crippen molar-refractivity contribution in [3.8, 4) is 11.8 Å². The van der Waals surface area contributed by atoms with Crippen LogP contribution in [0.25, 0.3) is 6.08 Å². The van der Waals surface area contributed by atoms with Crippen LogP contribution in [0.1, 0.15) is 27.8 Å². The molecule has 140 valence electrons. The van der Waals surface area contributed by atoms with E-state index in [1.165, 1.54) is 6.08 Å². The fourth-order valence-corrected chi connectivity index (χ4v) is 2.73. The Morgan fingerprint density at radius 3 is 2.33 bits per heavy atom. The van der Waals surface area contributed by atoms with Crippen LogP contribution in [0.4, 0.5) is 14.5 Å². The Morgan fingerprint density at radius 2 is 1.78 bits per heavy atom. The van der Waals surface area contributed by atoms with Gasteiger partial charge in [-0.15, -0.1) is 0 Å². The highest BCUT2D eigenvalue weighted by Crippen LogP contribution is 2.27. The molecule has 0 bridgehead atoms. The van der Waals surface area contributed by atoms with Crippen molar-refractivity contribution in [2.75, 3.05) is 5.32 Å². The summed E-state index contributed by atoms with van der Waals surface area (Å²) in [5.41, 5.74) is 4.03. The molecule has 0 aromatic heterocycles. The molecule has 2 rings (SSSR count). The van der Waals surface area contributed by atoms with Gasteiger partial charge in [0.1, 0.15) is 17.4 Å². The summed E-state index contributed by atoms with van der Waals surface area (Å²) in [5, 5.41) is 12.1. The second-order valence-corrected chi connectivity index (χ2v) is 6.23. The van der Waals surface area contributed by atoms with Gasteiger partial charge in [0.2, 0.25) is 0 Å². The number of halogens is 2. The zero-order valence-corrected chi connectivity index (χ0v) is 15.6. The van der Waals surface area contributed by atoms with Gasteiger partial charge in [-0.1, -0.05) is 12.1 Å². The largest absolute Gasteiger partial charge is 0.434 e. The number of nitrogens with zero attached hydrogens (tertiary/aromatic N) is 1. The van der Waals surface area contributed by atoms with Crippen LogP contribution in [0.5, 0.6) is 5.75 Å². The number of carbonyl (C=O) groups is 1. The first-order valence-corrected chi connectivity index (χ1v) is 8.28. The number of benzene rings is 2. The Kier molecular flexibility index (Phi) is 6.30. The number of nitriles is 1. The molecule has 27 heavy (non-hydrogen) atoms. The predicted molar refractivity (Wildman–Crippen MR) is 101 cm³/mol. The first-order valence-electron chi connectivity index (χ1n) is 8.28. The molecule has 0 saturated carbocycles. The van der Waals surface area contributed by atoms with Crippen molar-refractivity contribution in [1.29, 1.82) is 5.26 Å². The molecule has 0 fully saturated rings. The number of rotatable bonds is 5. The fraction of sp³-hybridized carbons (Fsp3) is 0.238. The van der Waals surface area contributed by atoms with Gasteiger partial charge in [-0.25, -0.2) is 0 Å². The van der Waals surface area contributed by atoms with E-state index in [0.29, 0.717) is 22.4 Å². The molecule has 0 radical (unpaired) electrons. The van der Waals surface area contributed by atoms with Gasteiger partial charge in [-0.3, -0.25) is 4.79 Å². The lowest BCUT2D eigenvalue weighted by Crippen LogP contribution is -2.14. The van der Waals surface area contributed by atoms with E-state index in [9.17, 15) is 18.8 Å². The highest BCUT2D eigenvalue weighted by molar-refractivity contribution is 6.10. The minimum absolute atomic E-state index is 0.0859. The van der Waals surface area contributed by atoms with E-state index in [2.05, 4.69) is 10.1 Å². The van der Waals surface area contributed by atoms with Crippen LogP contribution in [0.2, 0.25) is 0 Å². The molecule has 0 aliphatic rings. The molecule has 0 spiro atoms. The molecule has 0 saturated heterocycles. The lowest BCUT2D eigenvalue weighted by molar-refractivity contribution is -0.112. The van der Waals surface area contributed by atoms with Crippen molar-refractivity contribution in [1.82, 2.24) is 0 Å². The van der Waals surface area contributed by atoms with E-state index in [1.807, 2.05) is 32.0 Å². The monoisotopic (exact) mass is 370 g/mol. The Hall–Kier alpha value is -3.20. The number of hydrogen-bond acceptors (Lipinski definition) is 3. The van der Waals surface area contributed by atoms with Gasteiger partial charge in [0.05, 0.1) is 0 Å². The number of ether oxygens (including phenoxy) is 1. The second kappa shape index (κ2) is 8.45. The molecular weight excluding hydrogens is 350 g/mol. The molecule has 2 aromatic rings. The minimum Gasteiger partial charge on any atom is -0.434 e. The third-order valence-electron chi connectivity index (χ3n) is 4.22. The Labute approximate surface area is 157 Å². The third kappa shape index (κ3) is 4.91. The number of anilines is 1. The highest BCUT2D eigenvalue weighted by atomic mass is 19.3. The number of amides is 1. The number of aryl methyl sites for hydroxylation is 3. The van der Waals surface area contributed by atoms with Crippen LogP contribution in [0.3, 0.4) is 0 Å². The molecule has 6 heteroatoms. The summed E-state index contributed by atoms with van der Waals surface area (Å²) >= 11 is 0. The number of carbonyl (C=O) groups excluding carboxylic acids is 1. The summed E-state index contributed by atoms with van der Waals surface area (Å²) in [4.78, 5) is 12.5. The summed E-state index contributed by atoms with van der Waals surface area (Å²) in [5.74, 6) is -0.435. The van der Waals surface area contributed by atoms with Gasteiger partial charge in [-0.2, -0.15) is 14.0 Å². The minimum atomic E-state index is -2.91. The van der Waals surface area contributed by atoms with Crippen molar-refractivity contribution >= 4 is 17.7 Å². The van der Waals surface area contributed by atoms with Crippen LogP contribution in [0.15, 0.2) is 35.9 Å². The molecule has 0 heterocycles. The first kappa shape index (κ1) is 20.1. The summed E-state index contributed by atoms with van der Waals surface area (Å²) in [7, 11) is 0. The van der Waals surface area contributed by atoms with E-state index in [0.717, 1.165) is 11.1 Å². The number of nitrogens with one attached hydrogen (secondary N) is 1. The first-order chi connectivity index (χ1) is 12.7. The molecule has 1 amide bonds. The molecule has 0 aliphatic carbocycles. The molecule has 0 aliphatic heterocycles. The van der Waals surface area contributed by atoms with Crippen molar-refractivity contribution < 1.29 is 18.3 Å². The number of alkyl halides is 2. The van der Waals surface area contributed by atoms with Gasteiger partial charge in [-0.05, 0) is 79.8 Å². The predicted octanol–water partition coefficient (Wildman–Crippen LogP) is 5.07. The maximum Gasteiger partial charge on any atom is 0.387 e. The smallest absolute Gasteiger partial charge is 0.387 e. The highest BCUT2D eigenvalue weighted by Gasteiger charge is 2.14. The van der Waals surface area contributed by atoms with Gasteiger partial charge >= 0.3 is 6.61 Å². The Morgan fingerprint density at radius 1 is 1.15 bits per heavy atom. The lowest BCUT2D eigenvalue weighted by atomic mass is 10.0. The van der Waals surface area contributed by atoms with Crippen molar-refractivity contribution in [2.45, 2.75) is 34.3 Å². The summed E-state index contributed by atoms with van der Waals surface area (Å²) in [6, 6.07) is 10.6. The fourth-order valence-electron chi connectivity index (χ4n) is 2.73. The van der Waals surface area contributed by atoms with Crippen LogP contribution in [-0.4, -0.2) is 12.5 Å². The zero-order valence-electron chi connectivity index (χ0n) is 15.6. The Bertz CT molecular complexity index is 921. The molecule has 4 nitrogen and oxygen atoms in total. The average molecular weight is 370 g/mol. The van der Waals surface area contributed by atoms with Gasteiger partial charge < -0.3 is 10.1 Å². The van der Waals surface area contributed by atoms with Crippen molar-refractivity contribution in [3.05, 3.63) is 63.7 Å². The number of hydrogen-bond donors (Lipinski definition) is 1. The molecule has 1 N–H and O–H groups in total. The molecule has 2 aromatic carbocycles. The van der Waals surface area contributed by atoms with E-state index in [4.69, 9.17) is 0 Å². The third-order valence-corrected chi connectivity index (χ3v) is 4.22. The molecule has 0 atom stereocenters. The van der Waals surface area contributed by atoms with Crippen molar-refractivity contribution in [2.24, 2.45) is 0 Å². The summed E-state index contributed by atoms with van der Waals surface area (Å²) in [6.45, 7) is 4.16. The van der Waals surface area contributed by atoms with Gasteiger partial charge in [0, 0.05) is 5.69 Å². The summed E-state index contributed by atoms with van der Waals surface area (Å²) < 4.78 is 29.5. The molecule has 0 unspecified atom stereocenters. The average Bonchev–Trinajstić information content (AvgIpc) is 2.59. The van der Waals surface area contributed by atoms with E-state index >= 15 is 0 Å². The van der Waals surface area contributed by atoms with Gasteiger partial charge in [0.25, 0.3) is 5.91 Å². The second-order valence-electron chi connectivity index (χ2n) is 6.23. The lowest BCUT2D eigenvalue weighted by Gasteiger charge is -2.12. The normalized spacial score (nSPS) is 11.3. The summed E-state index contributed by atoms with van der Waals surface area (Å²) in [6.07, 6.45) is 1.42. The Balaban J connectivity index is 2.31. The SMILES string of the molecule is Cc1cccc(NC(=O)/C(C#N)=C/c2cc(C)c(OC(F)F)c(C)c2)c1C. The maximum absolute atomic E-state index is 12.5.